The quantitative estimate of drug-likeness (QED) is 0.750. The van der Waals surface area contributed by atoms with Gasteiger partial charge >= 0.3 is 0 Å². The topological polar surface area (TPSA) is 59.1 Å². The number of hydrogen-bond donors (Lipinski definition) is 1. The molecule has 0 saturated carbocycles. The third-order valence-corrected chi connectivity index (χ3v) is 5.54. The summed E-state index contributed by atoms with van der Waals surface area (Å²) in [5.74, 6) is 0.332. The fourth-order valence-electron chi connectivity index (χ4n) is 3.90. The van der Waals surface area contributed by atoms with Crippen molar-refractivity contribution in [3.63, 3.8) is 0 Å². The molecule has 2 amide bonds. The zero-order valence-corrected chi connectivity index (χ0v) is 18.0. The Morgan fingerprint density at radius 1 is 0.926 bits per heavy atom. The Morgan fingerprint density at radius 2 is 1.56 bits per heavy atom. The van der Waals surface area contributed by atoms with Gasteiger partial charge in [-0.05, 0) is 47.2 Å². The molecule has 2 saturated heterocycles. The number of carbonyl (C=O) groups is 2. The molecule has 0 spiro atoms. The van der Waals surface area contributed by atoms with Crippen LogP contribution in [0.5, 0.6) is 0 Å². The Hall–Kier alpha value is -1.18. The normalized spacial score (nSPS) is 22.3. The molecule has 2 heterocycles. The van der Waals surface area contributed by atoms with Gasteiger partial charge in [-0.3, -0.25) is 19.4 Å². The van der Waals surface area contributed by atoms with Gasteiger partial charge in [0.2, 0.25) is 11.8 Å². The molecule has 0 radical (unpaired) electrons. The first-order chi connectivity index (χ1) is 12.7. The van der Waals surface area contributed by atoms with Crippen LogP contribution < -0.4 is 5.32 Å². The van der Waals surface area contributed by atoms with E-state index < -0.39 is 0 Å². The van der Waals surface area contributed by atoms with Crippen molar-refractivity contribution >= 4 is 11.8 Å². The van der Waals surface area contributed by atoms with Crippen LogP contribution in [0.2, 0.25) is 0 Å². The highest BCUT2D eigenvalue weighted by molar-refractivity contribution is 5.81. The van der Waals surface area contributed by atoms with Crippen LogP contribution in [-0.4, -0.2) is 108 Å². The first-order valence-corrected chi connectivity index (χ1v) is 10.5. The lowest BCUT2D eigenvalue weighted by Gasteiger charge is -2.37. The maximum absolute atomic E-state index is 12.9. The fourth-order valence-corrected chi connectivity index (χ4v) is 3.90. The van der Waals surface area contributed by atoms with Gasteiger partial charge in [-0.25, -0.2) is 0 Å². The summed E-state index contributed by atoms with van der Waals surface area (Å²) >= 11 is 0. The van der Waals surface area contributed by atoms with Gasteiger partial charge in [0.25, 0.3) is 0 Å². The Morgan fingerprint density at radius 3 is 2.15 bits per heavy atom. The van der Waals surface area contributed by atoms with Crippen LogP contribution in [0.3, 0.4) is 0 Å². The molecule has 1 atom stereocenters. The predicted octanol–water partition coefficient (Wildman–Crippen LogP) is 0.461. The number of piperazine rings is 1. The summed E-state index contributed by atoms with van der Waals surface area (Å²) in [6.45, 7) is 18.8. The molecule has 27 heavy (non-hydrogen) atoms. The van der Waals surface area contributed by atoms with Crippen molar-refractivity contribution in [2.45, 2.75) is 52.6 Å². The van der Waals surface area contributed by atoms with E-state index in [0.29, 0.717) is 6.54 Å². The first kappa shape index (κ1) is 22.1. The number of hydrogen-bond acceptors (Lipinski definition) is 5. The van der Waals surface area contributed by atoms with E-state index in [0.717, 1.165) is 65.3 Å². The summed E-state index contributed by atoms with van der Waals surface area (Å²) in [6.07, 6.45) is 0.990. The lowest BCUT2D eigenvalue weighted by atomic mass is 10.1. The van der Waals surface area contributed by atoms with Gasteiger partial charge in [-0.2, -0.15) is 0 Å². The van der Waals surface area contributed by atoms with E-state index in [2.05, 4.69) is 26.9 Å². The molecule has 0 aromatic carbocycles. The largest absolute Gasteiger partial charge is 0.350 e. The van der Waals surface area contributed by atoms with Crippen molar-refractivity contribution in [2.24, 2.45) is 0 Å². The van der Waals surface area contributed by atoms with E-state index in [4.69, 9.17) is 0 Å². The van der Waals surface area contributed by atoms with Crippen molar-refractivity contribution in [1.82, 2.24) is 24.9 Å². The van der Waals surface area contributed by atoms with Gasteiger partial charge in [0.15, 0.2) is 0 Å². The molecule has 7 heteroatoms. The molecule has 0 aliphatic carbocycles. The Kier molecular flexibility index (Phi) is 8.06. The smallest absolute Gasteiger partial charge is 0.239 e. The van der Waals surface area contributed by atoms with E-state index in [-0.39, 0.29) is 23.4 Å². The van der Waals surface area contributed by atoms with Crippen molar-refractivity contribution in [2.75, 3.05) is 65.4 Å². The van der Waals surface area contributed by atoms with E-state index in [9.17, 15) is 9.59 Å². The molecule has 7 nitrogen and oxygen atoms in total. The third kappa shape index (κ3) is 7.05. The maximum atomic E-state index is 12.9. The number of amides is 2. The number of nitrogens with zero attached hydrogens (tertiary/aromatic N) is 4. The Labute approximate surface area is 165 Å². The third-order valence-electron chi connectivity index (χ3n) is 5.54. The molecule has 2 fully saturated rings. The van der Waals surface area contributed by atoms with Crippen molar-refractivity contribution in [1.29, 1.82) is 0 Å². The summed E-state index contributed by atoms with van der Waals surface area (Å²) in [4.78, 5) is 34.0. The lowest BCUT2D eigenvalue weighted by Crippen LogP contribution is -2.54. The predicted molar refractivity (Wildman–Crippen MR) is 109 cm³/mol. The highest BCUT2D eigenvalue weighted by Crippen LogP contribution is 2.12. The second kappa shape index (κ2) is 9.85. The second-order valence-electron chi connectivity index (χ2n) is 8.90. The van der Waals surface area contributed by atoms with E-state index in [1.165, 1.54) is 0 Å². The second-order valence-corrected chi connectivity index (χ2v) is 8.90. The van der Waals surface area contributed by atoms with E-state index in [1.807, 2.05) is 32.6 Å². The number of carbonyl (C=O) groups excluding carboxylic acids is 2. The average molecular weight is 382 g/mol. The molecular formula is C20H39N5O2. The van der Waals surface area contributed by atoms with Crippen LogP contribution in [0.15, 0.2) is 0 Å². The van der Waals surface area contributed by atoms with Crippen molar-refractivity contribution in [3.05, 3.63) is 0 Å². The fraction of sp³-hybridized carbons (Fsp3) is 0.900. The summed E-state index contributed by atoms with van der Waals surface area (Å²) < 4.78 is 0. The Bertz CT molecular complexity index is 497. The molecule has 0 aromatic heterocycles. The summed E-state index contributed by atoms with van der Waals surface area (Å²) in [7, 11) is 0. The summed E-state index contributed by atoms with van der Waals surface area (Å²) in [5, 5.41) is 3.03. The van der Waals surface area contributed by atoms with Crippen LogP contribution in [0.25, 0.3) is 0 Å². The van der Waals surface area contributed by atoms with Gasteiger partial charge in [-0.15, -0.1) is 0 Å². The monoisotopic (exact) mass is 381 g/mol. The molecule has 2 rings (SSSR count). The highest BCUT2D eigenvalue weighted by atomic mass is 16.2. The first-order valence-electron chi connectivity index (χ1n) is 10.5. The van der Waals surface area contributed by atoms with E-state index in [1.54, 1.807) is 0 Å². The minimum absolute atomic E-state index is 0.0777. The zero-order chi connectivity index (χ0) is 20.0. The molecule has 1 N–H and O–H groups in total. The standard InChI is InChI=1S/C20H39N5O2/c1-6-22-10-14-25(15-11-22)19(27)17(2)24-9-7-8-23(12-13-24)16-18(26)21-20(3,4)5/h17H,6-16H2,1-5H3,(H,21,26)/t17-/m1/s1. The van der Waals surface area contributed by atoms with Crippen molar-refractivity contribution in [3.8, 4) is 0 Å². The zero-order valence-electron chi connectivity index (χ0n) is 18.0. The number of likely N-dealkylation sites (N-methyl/N-ethyl adjacent to an activating group) is 1. The summed E-state index contributed by atoms with van der Waals surface area (Å²) in [6, 6.07) is -0.0819. The molecule has 156 valence electrons. The van der Waals surface area contributed by atoms with Gasteiger partial charge in [-0.1, -0.05) is 6.92 Å². The molecule has 0 aromatic rings. The van der Waals surface area contributed by atoms with Crippen LogP contribution in [-0.2, 0) is 9.59 Å². The van der Waals surface area contributed by atoms with Gasteiger partial charge in [0.1, 0.15) is 0 Å². The Balaban J connectivity index is 1.81. The average Bonchev–Trinajstić information content (AvgIpc) is 2.84. The maximum Gasteiger partial charge on any atom is 0.239 e. The molecular weight excluding hydrogens is 342 g/mol. The molecule has 0 bridgehead atoms. The minimum atomic E-state index is -0.197. The van der Waals surface area contributed by atoms with Crippen LogP contribution in [0, 0.1) is 0 Å². The van der Waals surface area contributed by atoms with Crippen molar-refractivity contribution < 1.29 is 9.59 Å². The van der Waals surface area contributed by atoms with E-state index >= 15 is 0 Å². The summed E-state index contributed by atoms with van der Waals surface area (Å²) in [5.41, 5.74) is -0.197. The SMILES string of the molecule is CCN1CCN(C(=O)[C@@H](C)N2CCCN(CC(=O)NC(C)(C)C)CC2)CC1. The van der Waals surface area contributed by atoms with Crippen LogP contribution >= 0.6 is 0 Å². The molecule has 2 aliphatic rings. The minimum Gasteiger partial charge on any atom is -0.350 e. The highest BCUT2D eigenvalue weighted by Gasteiger charge is 2.29. The number of rotatable bonds is 5. The lowest BCUT2D eigenvalue weighted by molar-refractivity contribution is -0.138. The van der Waals surface area contributed by atoms with Gasteiger partial charge in [0.05, 0.1) is 12.6 Å². The molecule has 0 unspecified atom stereocenters. The number of nitrogens with one attached hydrogen (secondary N) is 1. The van der Waals surface area contributed by atoms with Gasteiger partial charge < -0.3 is 15.1 Å². The molecule has 2 aliphatic heterocycles. The van der Waals surface area contributed by atoms with Crippen LogP contribution in [0.1, 0.15) is 41.0 Å². The van der Waals surface area contributed by atoms with Crippen LogP contribution in [0.4, 0.5) is 0 Å². The van der Waals surface area contributed by atoms with Gasteiger partial charge in [0, 0.05) is 51.4 Å².